The fraction of sp³-hybridized carbons (Fsp3) is 0.625. The Hall–Kier alpha value is -1.58. The van der Waals surface area contributed by atoms with Crippen molar-refractivity contribution >= 4 is 11.4 Å². The van der Waals surface area contributed by atoms with Crippen molar-refractivity contribution in [3.8, 4) is 0 Å². The topological polar surface area (TPSA) is 55.2 Å². The number of rotatable bonds is 8. The highest BCUT2D eigenvalue weighted by Crippen LogP contribution is 2.28. The van der Waals surface area contributed by atoms with Gasteiger partial charge in [-0.2, -0.15) is 0 Å². The van der Waals surface area contributed by atoms with Gasteiger partial charge in [-0.1, -0.05) is 46.1 Å². The van der Waals surface area contributed by atoms with Crippen LogP contribution in [0.3, 0.4) is 0 Å². The van der Waals surface area contributed by atoms with Crippen LogP contribution in [0.15, 0.2) is 18.2 Å². The molecule has 4 heteroatoms. The van der Waals surface area contributed by atoms with Crippen LogP contribution < -0.4 is 5.32 Å². The lowest BCUT2D eigenvalue weighted by atomic mass is 9.86. The van der Waals surface area contributed by atoms with Gasteiger partial charge < -0.3 is 5.32 Å². The van der Waals surface area contributed by atoms with E-state index in [1.165, 1.54) is 25.7 Å². The number of benzene rings is 1. The number of unbranched alkanes of at least 4 members (excludes halogenated alkanes) is 2. The zero-order valence-electron chi connectivity index (χ0n) is 13.0. The van der Waals surface area contributed by atoms with E-state index in [1.807, 2.05) is 6.07 Å². The Morgan fingerprint density at radius 1 is 1.30 bits per heavy atom. The molecule has 0 saturated heterocycles. The van der Waals surface area contributed by atoms with Crippen LogP contribution in [0.4, 0.5) is 11.4 Å². The third-order valence-corrected chi connectivity index (χ3v) is 3.72. The Morgan fingerprint density at radius 2 is 2.00 bits per heavy atom. The second kappa shape index (κ2) is 7.27. The van der Waals surface area contributed by atoms with Crippen molar-refractivity contribution < 1.29 is 4.92 Å². The Balaban J connectivity index is 2.65. The second-order valence-corrected chi connectivity index (χ2v) is 6.18. The predicted octanol–water partition coefficient (Wildman–Crippen LogP) is 4.92. The molecule has 0 amide bonds. The highest BCUT2D eigenvalue weighted by molar-refractivity contribution is 5.59. The van der Waals surface area contributed by atoms with Gasteiger partial charge in [0.05, 0.1) is 4.92 Å². The van der Waals surface area contributed by atoms with Crippen molar-refractivity contribution in [1.82, 2.24) is 0 Å². The van der Waals surface area contributed by atoms with E-state index in [-0.39, 0.29) is 16.0 Å². The molecule has 0 unspecified atom stereocenters. The molecule has 0 aliphatic rings. The van der Waals surface area contributed by atoms with Crippen molar-refractivity contribution in [2.24, 2.45) is 5.41 Å². The average molecular weight is 278 g/mol. The fourth-order valence-corrected chi connectivity index (χ4v) is 2.29. The van der Waals surface area contributed by atoms with Crippen molar-refractivity contribution in [2.45, 2.75) is 53.4 Å². The van der Waals surface area contributed by atoms with Crippen LogP contribution in [0.5, 0.6) is 0 Å². The highest BCUT2D eigenvalue weighted by atomic mass is 16.6. The molecule has 0 aromatic heterocycles. The number of hydrogen-bond acceptors (Lipinski definition) is 3. The van der Waals surface area contributed by atoms with E-state index in [0.717, 1.165) is 12.2 Å². The largest absolute Gasteiger partial charge is 0.384 e. The summed E-state index contributed by atoms with van der Waals surface area (Å²) in [6.07, 6.45) is 4.90. The first-order valence-electron chi connectivity index (χ1n) is 7.35. The first-order valence-corrected chi connectivity index (χ1v) is 7.35. The quantitative estimate of drug-likeness (QED) is 0.417. The molecule has 0 saturated carbocycles. The van der Waals surface area contributed by atoms with Crippen LogP contribution >= 0.6 is 0 Å². The maximum Gasteiger partial charge on any atom is 0.274 e. The lowest BCUT2D eigenvalue weighted by molar-refractivity contribution is -0.385. The summed E-state index contributed by atoms with van der Waals surface area (Å²) in [6.45, 7) is 9.31. The molecule has 4 nitrogen and oxygen atoms in total. The molecule has 0 atom stereocenters. The normalized spacial score (nSPS) is 11.4. The van der Waals surface area contributed by atoms with Gasteiger partial charge in [0, 0.05) is 23.9 Å². The lowest BCUT2D eigenvalue weighted by Gasteiger charge is -2.26. The molecule has 1 aromatic carbocycles. The second-order valence-electron chi connectivity index (χ2n) is 6.18. The molecule has 0 heterocycles. The smallest absolute Gasteiger partial charge is 0.274 e. The van der Waals surface area contributed by atoms with E-state index in [2.05, 4.69) is 26.1 Å². The summed E-state index contributed by atoms with van der Waals surface area (Å²) in [6, 6.07) is 5.19. The molecule has 20 heavy (non-hydrogen) atoms. The van der Waals surface area contributed by atoms with Crippen molar-refractivity contribution in [3.05, 3.63) is 33.9 Å². The monoisotopic (exact) mass is 278 g/mol. The highest BCUT2D eigenvalue weighted by Gasteiger charge is 2.19. The standard InChI is InChI=1S/C16H26N2O2/c1-5-6-7-11-16(3,4)12-17-14-9-8-10-15(13(14)2)18(19)20/h8-10,17H,5-7,11-12H2,1-4H3. The summed E-state index contributed by atoms with van der Waals surface area (Å²) in [5, 5.41) is 14.3. The Labute approximate surface area is 121 Å². The van der Waals surface area contributed by atoms with Crippen molar-refractivity contribution in [1.29, 1.82) is 0 Å². The molecule has 0 aliphatic carbocycles. The van der Waals surface area contributed by atoms with Crippen LogP contribution in [0.1, 0.15) is 52.0 Å². The maximum atomic E-state index is 10.9. The van der Waals surface area contributed by atoms with E-state index in [1.54, 1.807) is 19.1 Å². The van der Waals surface area contributed by atoms with E-state index in [9.17, 15) is 10.1 Å². The number of nitrogens with zero attached hydrogens (tertiary/aromatic N) is 1. The molecule has 0 bridgehead atoms. The first kappa shape index (κ1) is 16.5. The van der Waals surface area contributed by atoms with Crippen LogP contribution in [-0.4, -0.2) is 11.5 Å². The number of nitro groups is 1. The summed E-state index contributed by atoms with van der Waals surface area (Å²) in [5.74, 6) is 0. The average Bonchev–Trinajstić information content (AvgIpc) is 2.37. The van der Waals surface area contributed by atoms with E-state index in [4.69, 9.17) is 0 Å². The Bertz CT molecular complexity index is 456. The van der Waals surface area contributed by atoms with E-state index in [0.29, 0.717) is 5.56 Å². The van der Waals surface area contributed by atoms with Gasteiger partial charge in [-0.3, -0.25) is 10.1 Å². The zero-order valence-corrected chi connectivity index (χ0v) is 13.0. The van der Waals surface area contributed by atoms with Gasteiger partial charge in [0.1, 0.15) is 0 Å². The fourth-order valence-electron chi connectivity index (χ4n) is 2.29. The van der Waals surface area contributed by atoms with Gasteiger partial charge in [-0.05, 0) is 24.8 Å². The van der Waals surface area contributed by atoms with E-state index < -0.39 is 0 Å². The zero-order chi connectivity index (χ0) is 15.2. The summed E-state index contributed by atoms with van der Waals surface area (Å²) in [5.41, 5.74) is 1.95. The molecule has 0 aliphatic heterocycles. The maximum absolute atomic E-state index is 10.9. The predicted molar refractivity (Wildman–Crippen MR) is 84.2 cm³/mol. The van der Waals surface area contributed by atoms with Gasteiger partial charge >= 0.3 is 0 Å². The minimum Gasteiger partial charge on any atom is -0.384 e. The summed E-state index contributed by atoms with van der Waals surface area (Å²) in [7, 11) is 0. The molecule has 0 radical (unpaired) electrons. The lowest BCUT2D eigenvalue weighted by Crippen LogP contribution is -2.23. The minimum atomic E-state index is -0.326. The Kier molecular flexibility index (Phi) is 5.99. The molecule has 1 N–H and O–H groups in total. The van der Waals surface area contributed by atoms with Crippen LogP contribution in [0.2, 0.25) is 0 Å². The van der Waals surface area contributed by atoms with Gasteiger partial charge in [-0.15, -0.1) is 0 Å². The SMILES string of the molecule is CCCCCC(C)(C)CNc1cccc([N+](=O)[O-])c1C. The van der Waals surface area contributed by atoms with Gasteiger partial charge in [-0.25, -0.2) is 0 Å². The van der Waals surface area contributed by atoms with Crippen molar-refractivity contribution in [3.63, 3.8) is 0 Å². The minimum absolute atomic E-state index is 0.179. The van der Waals surface area contributed by atoms with E-state index >= 15 is 0 Å². The van der Waals surface area contributed by atoms with Crippen LogP contribution in [0, 0.1) is 22.5 Å². The summed E-state index contributed by atoms with van der Waals surface area (Å²) >= 11 is 0. The third-order valence-electron chi connectivity index (χ3n) is 3.72. The number of hydrogen-bond donors (Lipinski definition) is 1. The van der Waals surface area contributed by atoms with Crippen molar-refractivity contribution in [2.75, 3.05) is 11.9 Å². The summed E-state index contributed by atoms with van der Waals surface area (Å²) < 4.78 is 0. The molecule has 0 fully saturated rings. The van der Waals surface area contributed by atoms with Gasteiger partial charge in [0.25, 0.3) is 5.69 Å². The first-order chi connectivity index (χ1) is 9.37. The molecular weight excluding hydrogens is 252 g/mol. The molecule has 1 aromatic rings. The molecule has 112 valence electrons. The molecule has 0 spiro atoms. The van der Waals surface area contributed by atoms with Gasteiger partial charge in [0.2, 0.25) is 0 Å². The third kappa shape index (κ3) is 4.83. The number of anilines is 1. The van der Waals surface area contributed by atoms with Crippen LogP contribution in [0.25, 0.3) is 0 Å². The molecular formula is C16H26N2O2. The Morgan fingerprint density at radius 3 is 2.60 bits per heavy atom. The summed E-state index contributed by atoms with van der Waals surface area (Å²) in [4.78, 5) is 10.6. The molecule has 1 rings (SSSR count). The number of nitro benzene ring substituents is 1. The number of nitrogens with one attached hydrogen (secondary N) is 1. The van der Waals surface area contributed by atoms with Gasteiger partial charge in [0.15, 0.2) is 0 Å². The van der Waals surface area contributed by atoms with Crippen LogP contribution in [-0.2, 0) is 0 Å².